The molecule has 158 valence electrons. The first-order valence-corrected chi connectivity index (χ1v) is 10.8. The number of carbonyl (C=O) groups excluding carboxylic acids is 3. The van der Waals surface area contributed by atoms with E-state index in [1.165, 1.54) is 25.3 Å². The Morgan fingerprint density at radius 2 is 1.41 bits per heavy atom. The van der Waals surface area contributed by atoms with Crippen molar-refractivity contribution in [1.29, 1.82) is 0 Å². The molecule has 5 nitrogen and oxygen atoms in total. The molecule has 0 bridgehead atoms. The number of carbonyl (C=O) groups is 3. The third-order valence-corrected chi connectivity index (χ3v) is 5.01. The fourth-order valence-electron chi connectivity index (χ4n) is 3.42. The van der Waals surface area contributed by atoms with Gasteiger partial charge in [0, 0.05) is 23.6 Å². The number of unbranched alkanes of at least 4 members (excludes halogenated alkanes) is 8. The van der Waals surface area contributed by atoms with Crippen LogP contribution in [0.5, 0.6) is 0 Å². The first-order valence-electron chi connectivity index (χ1n) is 10.8. The molecule has 0 radical (unpaired) electrons. The van der Waals surface area contributed by atoms with Gasteiger partial charge in [-0.25, -0.2) is 0 Å². The van der Waals surface area contributed by atoms with Crippen molar-refractivity contribution >= 4 is 17.5 Å². The zero-order chi connectivity index (χ0) is 20.9. The molecule has 29 heavy (non-hydrogen) atoms. The van der Waals surface area contributed by atoms with Gasteiger partial charge in [0.2, 0.25) is 5.78 Å². The third-order valence-electron chi connectivity index (χ3n) is 5.01. The highest BCUT2D eigenvalue weighted by Gasteiger charge is 2.26. The molecule has 1 aromatic carbocycles. The summed E-state index contributed by atoms with van der Waals surface area (Å²) in [6.07, 6.45) is 11.7. The maximum atomic E-state index is 12.4. The molecule has 0 unspecified atom stereocenters. The van der Waals surface area contributed by atoms with Gasteiger partial charge in [0.1, 0.15) is 0 Å². The topological polar surface area (TPSA) is 69.7 Å². The van der Waals surface area contributed by atoms with Gasteiger partial charge in [-0.2, -0.15) is 0 Å². The van der Waals surface area contributed by atoms with Crippen LogP contribution in [0, 0.1) is 0 Å². The fourth-order valence-corrected chi connectivity index (χ4v) is 3.42. The van der Waals surface area contributed by atoms with E-state index in [1.807, 2.05) is 6.92 Å². The molecule has 2 rings (SSSR count). The van der Waals surface area contributed by atoms with Gasteiger partial charge in [-0.3, -0.25) is 14.4 Å². The molecule has 0 atom stereocenters. The molecule has 0 aliphatic heterocycles. The Hall–Kier alpha value is -2.43. The third kappa shape index (κ3) is 7.84. The van der Waals surface area contributed by atoms with Crippen LogP contribution in [0.3, 0.4) is 0 Å². The van der Waals surface area contributed by atoms with Crippen LogP contribution in [0.25, 0.3) is 0 Å². The van der Waals surface area contributed by atoms with Crippen LogP contribution in [-0.2, 0) is 14.3 Å². The van der Waals surface area contributed by atoms with E-state index in [-0.39, 0.29) is 23.3 Å². The molecule has 0 saturated carbocycles. The SMILES string of the molecule is CCOC(=O)CCCCCCCCCCCOC1=CC(=O)c2ccccc2C1=O. The second-order valence-corrected chi connectivity index (χ2v) is 7.33. The number of hydrogen-bond acceptors (Lipinski definition) is 5. The van der Waals surface area contributed by atoms with Crippen LogP contribution in [0.4, 0.5) is 0 Å². The number of benzene rings is 1. The van der Waals surface area contributed by atoms with Crippen molar-refractivity contribution in [3.63, 3.8) is 0 Å². The maximum absolute atomic E-state index is 12.4. The molecule has 0 N–H and O–H groups in total. The number of hydrogen-bond donors (Lipinski definition) is 0. The predicted molar refractivity (Wildman–Crippen MR) is 112 cm³/mol. The molecule has 1 aromatic rings. The average Bonchev–Trinajstić information content (AvgIpc) is 2.72. The van der Waals surface area contributed by atoms with Crippen molar-refractivity contribution in [2.45, 2.75) is 71.1 Å². The number of allylic oxidation sites excluding steroid dienone is 2. The van der Waals surface area contributed by atoms with Crippen molar-refractivity contribution in [1.82, 2.24) is 0 Å². The number of fused-ring (bicyclic) bond motifs is 1. The van der Waals surface area contributed by atoms with Gasteiger partial charge in [-0.1, -0.05) is 69.2 Å². The van der Waals surface area contributed by atoms with Crippen LogP contribution >= 0.6 is 0 Å². The molecule has 1 aliphatic carbocycles. The number of rotatable bonds is 14. The number of esters is 1. The van der Waals surface area contributed by atoms with Crippen molar-refractivity contribution in [3.8, 4) is 0 Å². The summed E-state index contributed by atoms with van der Waals surface area (Å²) >= 11 is 0. The van der Waals surface area contributed by atoms with Crippen molar-refractivity contribution in [2.75, 3.05) is 13.2 Å². The van der Waals surface area contributed by atoms with E-state index in [1.54, 1.807) is 24.3 Å². The second-order valence-electron chi connectivity index (χ2n) is 7.33. The quantitative estimate of drug-likeness (QED) is 0.308. The summed E-state index contributed by atoms with van der Waals surface area (Å²) in [6, 6.07) is 6.85. The molecule has 5 heteroatoms. The van der Waals surface area contributed by atoms with Crippen LogP contribution in [0.1, 0.15) is 91.8 Å². The summed E-state index contributed by atoms with van der Waals surface area (Å²) in [5.74, 6) is -0.300. The molecular formula is C24H32O5. The lowest BCUT2D eigenvalue weighted by molar-refractivity contribution is -0.143. The number of ketones is 2. The van der Waals surface area contributed by atoms with Crippen molar-refractivity contribution in [3.05, 3.63) is 47.2 Å². The van der Waals surface area contributed by atoms with Crippen LogP contribution < -0.4 is 0 Å². The van der Waals surface area contributed by atoms with Crippen molar-refractivity contribution < 1.29 is 23.9 Å². The monoisotopic (exact) mass is 400 g/mol. The Morgan fingerprint density at radius 1 is 0.828 bits per heavy atom. The molecule has 0 amide bonds. The summed E-state index contributed by atoms with van der Waals surface area (Å²) in [4.78, 5) is 35.7. The Kier molecular flexibility index (Phi) is 10.2. The second kappa shape index (κ2) is 12.9. The highest BCUT2D eigenvalue weighted by atomic mass is 16.5. The minimum absolute atomic E-state index is 0.0889. The summed E-state index contributed by atoms with van der Waals surface area (Å²) in [5, 5.41) is 0. The molecule has 0 aromatic heterocycles. The average molecular weight is 401 g/mol. The normalized spacial score (nSPS) is 13.1. The van der Waals surface area contributed by atoms with E-state index in [2.05, 4.69) is 0 Å². The lowest BCUT2D eigenvalue weighted by Gasteiger charge is -2.15. The Balaban J connectivity index is 1.47. The highest BCUT2D eigenvalue weighted by Crippen LogP contribution is 2.22. The predicted octanol–water partition coefficient (Wildman–Crippen LogP) is 5.43. The van der Waals surface area contributed by atoms with Crippen LogP contribution in [0.2, 0.25) is 0 Å². The Labute approximate surface area is 173 Å². The zero-order valence-corrected chi connectivity index (χ0v) is 17.4. The van der Waals surface area contributed by atoms with Gasteiger partial charge < -0.3 is 9.47 Å². The maximum Gasteiger partial charge on any atom is 0.305 e. The van der Waals surface area contributed by atoms with E-state index in [0.29, 0.717) is 30.8 Å². The lowest BCUT2D eigenvalue weighted by Crippen LogP contribution is -2.18. The minimum atomic E-state index is -0.205. The molecule has 0 heterocycles. The Morgan fingerprint density at radius 3 is 2.07 bits per heavy atom. The summed E-state index contributed by atoms with van der Waals surface area (Å²) in [5.41, 5.74) is 0.878. The van der Waals surface area contributed by atoms with Gasteiger partial charge in [0.15, 0.2) is 11.5 Å². The summed E-state index contributed by atoms with van der Waals surface area (Å²) in [6.45, 7) is 2.75. The standard InChI is InChI=1S/C24H32O5/c1-2-28-23(26)16-10-8-6-4-3-5-7-9-13-17-29-22-18-21(25)19-14-11-12-15-20(19)24(22)27/h11-12,14-15,18H,2-10,13,16-17H2,1H3. The lowest BCUT2D eigenvalue weighted by atomic mass is 9.94. The fraction of sp³-hybridized carbons (Fsp3) is 0.542. The molecule has 1 aliphatic rings. The van der Waals surface area contributed by atoms with Gasteiger partial charge in [-0.15, -0.1) is 0 Å². The van der Waals surface area contributed by atoms with Gasteiger partial charge in [-0.05, 0) is 19.8 Å². The van der Waals surface area contributed by atoms with E-state index >= 15 is 0 Å². The highest BCUT2D eigenvalue weighted by molar-refractivity contribution is 6.23. The molecule has 0 spiro atoms. The van der Waals surface area contributed by atoms with Crippen LogP contribution in [0.15, 0.2) is 36.1 Å². The smallest absolute Gasteiger partial charge is 0.305 e. The van der Waals surface area contributed by atoms with E-state index < -0.39 is 0 Å². The molecular weight excluding hydrogens is 368 g/mol. The van der Waals surface area contributed by atoms with E-state index in [4.69, 9.17) is 9.47 Å². The summed E-state index contributed by atoms with van der Waals surface area (Å²) < 4.78 is 10.5. The molecule has 0 saturated heterocycles. The van der Waals surface area contributed by atoms with Crippen LogP contribution in [-0.4, -0.2) is 30.7 Å². The number of Topliss-reactive ketones (excluding diaryl/α,β-unsaturated/α-hetero) is 1. The van der Waals surface area contributed by atoms with Crippen molar-refractivity contribution in [2.24, 2.45) is 0 Å². The first kappa shape index (κ1) is 22.9. The Bertz CT molecular complexity index is 720. The first-order chi connectivity index (χ1) is 14.1. The largest absolute Gasteiger partial charge is 0.489 e. The van der Waals surface area contributed by atoms with Gasteiger partial charge in [0.05, 0.1) is 13.2 Å². The van der Waals surface area contributed by atoms with E-state index in [0.717, 1.165) is 38.5 Å². The van der Waals surface area contributed by atoms with Gasteiger partial charge >= 0.3 is 5.97 Å². The number of ether oxygens (including phenoxy) is 2. The van der Waals surface area contributed by atoms with E-state index in [9.17, 15) is 14.4 Å². The van der Waals surface area contributed by atoms with Gasteiger partial charge in [0.25, 0.3) is 0 Å². The molecule has 0 fully saturated rings. The minimum Gasteiger partial charge on any atom is -0.489 e. The zero-order valence-electron chi connectivity index (χ0n) is 17.4. The summed E-state index contributed by atoms with van der Waals surface area (Å²) in [7, 11) is 0.